The second-order valence-corrected chi connectivity index (χ2v) is 7.23. The minimum Gasteiger partial charge on any atom is -0.338 e. The molecule has 0 saturated carbocycles. The zero-order valence-electron chi connectivity index (χ0n) is 11.8. The Bertz CT molecular complexity index is 434. The van der Waals surface area contributed by atoms with Gasteiger partial charge in [-0.2, -0.15) is 0 Å². The SMILES string of the molecule is CC1CCN(C(=O)c2cc3c(s2)CCCCC3)CC1. The summed E-state index contributed by atoms with van der Waals surface area (Å²) >= 11 is 1.76. The average Bonchev–Trinajstić information content (AvgIpc) is 2.70. The Kier molecular flexibility index (Phi) is 3.92. The molecule has 1 aromatic heterocycles. The number of carbonyl (C=O) groups is 1. The number of fused-ring (bicyclic) bond motifs is 1. The first-order valence-corrected chi connectivity index (χ1v) is 8.46. The number of rotatable bonds is 1. The first-order chi connectivity index (χ1) is 9.24. The first kappa shape index (κ1) is 13.2. The number of carbonyl (C=O) groups excluding carboxylic acids is 1. The van der Waals surface area contributed by atoms with Crippen molar-refractivity contribution in [3.63, 3.8) is 0 Å². The molecule has 1 aromatic rings. The Balaban J connectivity index is 1.73. The van der Waals surface area contributed by atoms with Gasteiger partial charge in [-0.1, -0.05) is 13.3 Å². The molecular formula is C16H23NOS. The molecule has 104 valence electrons. The molecule has 0 bridgehead atoms. The Morgan fingerprint density at radius 1 is 1.21 bits per heavy atom. The molecule has 0 N–H and O–H groups in total. The smallest absolute Gasteiger partial charge is 0.263 e. The molecule has 2 aliphatic rings. The van der Waals surface area contributed by atoms with Gasteiger partial charge in [0.25, 0.3) is 5.91 Å². The summed E-state index contributed by atoms with van der Waals surface area (Å²) in [6, 6.07) is 2.19. The van der Waals surface area contributed by atoms with Crippen LogP contribution >= 0.6 is 11.3 Å². The van der Waals surface area contributed by atoms with Gasteiger partial charge in [-0.15, -0.1) is 11.3 Å². The fourth-order valence-corrected chi connectivity index (χ4v) is 4.36. The molecule has 0 unspecified atom stereocenters. The minimum atomic E-state index is 0.282. The number of amides is 1. The van der Waals surface area contributed by atoms with Gasteiger partial charge in [-0.25, -0.2) is 0 Å². The maximum atomic E-state index is 12.5. The van der Waals surface area contributed by atoms with Gasteiger partial charge < -0.3 is 4.90 Å². The van der Waals surface area contributed by atoms with E-state index in [0.29, 0.717) is 0 Å². The third-order valence-corrected chi connectivity index (χ3v) is 5.75. The van der Waals surface area contributed by atoms with Crippen LogP contribution in [0.1, 0.15) is 59.1 Å². The molecule has 0 aromatic carbocycles. The molecule has 1 saturated heterocycles. The maximum Gasteiger partial charge on any atom is 0.263 e. The molecule has 3 rings (SSSR count). The summed E-state index contributed by atoms with van der Waals surface area (Å²) in [4.78, 5) is 17.1. The third-order valence-electron chi connectivity index (χ3n) is 4.53. The summed E-state index contributed by atoms with van der Waals surface area (Å²) in [5, 5.41) is 0. The van der Waals surface area contributed by atoms with E-state index < -0.39 is 0 Å². The van der Waals surface area contributed by atoms with Crippen molar-refractivity contribution in [3.05, 3.63) is 21.4 Å². The zero-order chi connectivity index (χ0) is 13.2. The summed E-state index contributed by atoms with van der Waals surface area (Å²) < 4.78 is 0. The third kappa shape index (κ3) is 2.86. The number of thiophene rings is 1. The monoisotopic (exact) mass is 277 g/mol. The van der Waals surface area contributed by atoms with Crippen molar-refractivity contribution in [1.29, 1.82) is 0 Å². The number of aryl methyl sites for hydroxylation is 2. The van der Waals surface area contributed by atoms with Crippen molar-refractivity contribution in [2.24, 2.45) is 5.92 Å². The van der Waals surface area contributed by atoms with Crippen molar-refractivity contribution in [1.82, 2.24) is 4.90 Å². The summed E-state index contributed by atoms with van der Waals surface area (Å²) in [7, 11) is 0. The van der Waals surface area contributed by atoms with Gasteiger partial charge in [-0.3, -0.25) is 4.79 Å². The summed E-state index contributed by atoms with van der Waals surface area (Å²) in [6.07, 6.45) is 8.61. The standard InChI is InChI=1S/C16H23NOS/c1-12-7-9-17(10-8-12)16(18)15-11-13-5-3-2-4-6-14(13)19-15/h11-12H,2-10H2,1H3. The number of hydrogen-bond acceptors (Lipinski definition) is 2. The largest absolute Gasteiger partial charge is 0.338 e. The molecule has 1 fully saturated rings. The fourth-order valence-electron chi connectivity index (χ4n) is 3.14. The lowest BCUT2D eigenvalue weighted by molar-refractivity contribution is 0.0702. The molecule has 1 amide bonds. The Morgan fingerprint density at radius 2 is 1.95 bits per heavy atom. The highest BCUT2D eigenvalue weighted by atomic mass is 32.1. The highest BCUT2D eigenvalue weighted by molar-refractivity contribution is 7.14. The lowest BCUT2D eigenvalue weighted by Crippen LogP contribution is -2.37. The van der Waals surface area contributed by atoms with Crippen LogP contribution in [0, 0.1) is 5.92 Å². The van der Waals surface area contributed by atoms with E-state index in [9.17, 15) is 4.79 Å². The average molecular weight is 277 g/mol. The minimum absolute atomic E-state index is 0.282. The number of likely N-dealkylation sites (tertiary alicyclic amines) is 1. The molecule has 2 nitrogen and oxygen atoms in total. The van der Waals surface area contributed by atoms with Gasteiger partial charge >= 0.3 is 0 Å². The van der Waals surface area contributed by atoms with Crippen LogP contribution < -0.4 is 0 Å². The van der Waals surface area contributed by atoms with E-state index in [1.807, 2.05) is 0 Å². The molecule has 1 aliphatic carbocycles. The molecular weight excluding hydrogens is 254 g/mol. The molecule has 3 heteroatoms. The van der Waals surface area contributed by atoms with Gasteiger partial charge in [-0.05, 0) is 56.1 Å². The van der Waals surface area contributed by atoms with E-state index in [1.165, 1.54) is 42.5 Å². The quantitative estimate of drug-likeness (QED) is 0.713. The van der Waals surface area contributed by atoms with Crippen LogP contribution in [0.25, 0.3) is 0 Å². The highest BCUT2D eigenvalue weighted by Crippen LogP contribution is 2.30. The topological polar surface area (TPSA) is 20.3 Å². The van der Waals surface area contributed by atoms with Crippen LogP contribution in [0.3, 0.4) is 0 Å². The van der Waals surface area contributed by atoms with Crippen molar-refractivity contribution in [3.8, 4) is 0 Å². The second-order valence-electron chi connectivity index (χ2n) is 6.09. The van der Waals surface area contributed by atoms with E-state index in [-0.39, 0.29) is 5.91 Å². The van der Waals surface area contributed by atoms with E-state index in [0.717, 1.165) is 36.7 Å². The summed E-state index contributed by atoms with van der Waals surface area (Å²) in [5.74, 6) is 1.06. The highest BCUT2D eigenvalue weighted by Gasteiger charge is 2.24. The molecule has 0 radical (unpaired) electrons. The number of nitrogens with zero attached hydrogens (tertiary/aromatic N) is 1. The van der Waals surface area contributed by atoms with E-state index in [4.69, 9.17) is 0 Å². The Hall–Kier alpha value is -0.830. The number of hydrogen-bond donors (Lipinski definition) is 0. The van der Waals surface area contributed by atoms with Crippen LogP contribution in [0.4, 0.5) is 0 Å². The van der Waals surface area contributed by atoms with Gasteiger partial charge in [0.05, 0.1) is 4.88 Å². The molecule has 0 spiro atoms. The van der Waals surface area contributed by atoms with Crippen LogP contribution in [0.2, 0.25) is 0 Å². The predicted molar refractivity (Wildman–Crippen MR) is 79.9 cm³/mol. The van der Waals surface area contributed by atoms with Crippen molar-refractivity contribution < 1.29 is 4.79 Å². The lowest BCUT2D eigenvalue weighted by Gasteiger charge is -2.29. The van der Waals surface area contributed by atoms with Crippen LogP contribution in [0.5, 0.6) is 0 Å². The first-order valence-electron chi connectivity index (χ1n) is 7.65. The normalized spacial score (nSPS) is 21.0. The molecule has 0 atom stereocenters. The number of piperidine rings is 1. The zero-order valence-corrected chi connectivity index (χ0v) is 12.6. The molecule has 19 heavy (non-hydrogen) atoms. The van der Waals surface area contributed by atoms with E-state index in [1.54, 1.807) is 11.3 Å². The Morgan fingerprint density at radius 3 is 2.74 bits per heavy atom. The van der Waals surface area contributed by atoms with Crippen LogP contribution in [-0.4, -0.2) is 23.9 Å². The van der Waals surface area contributed by atoms with E-state index in [2.05, 4.69) is 17.9 Å². The van der Waals surface area contributed by atoms with Crippen molar-refractivity contribution >= 4 is 17.2 Å². The second kappa shape index (κ2) is 5.66. The van der Waals surface area contributed by atoms with Crippen molar-refractivity contribution in [2.75, 3.05) is 13.1 Å². The van der Waals surface area contributed by atoms with Crippen LogP contribution in [0.15, 0.2) is 6.07 Å². The maximum absolute atomic E-state index is 12.5. The predicted octanol–water partition coefficient (Wildman–Crippen LogP) is 3.89. The summed E-state index contributed by atoms with van der Waals surface area (Å²) in [5.41, 5.74) is 1.45. The van der Waals surface area contributed by atoms with Gasteiger partial charge in [0.2, 0.25) is 0 Å². The van der Waals surface area contributed by atoms with Gasteiger partial charge in [0.1, 0.15) is 0 Å². The molecule has 1 aliphatic heterocycles. The van der Waals surface area contributed by atoms with E-state index >= 15 is 0 Å². The van der Waals surface area contributed by atoms with Gasteiger partial charge in [0, 0.05) is 18.0 Å². The van der Waals surface area contributed by atoms with Crippen LogP contribution in [-0.2, 0) is 12.8 Å². The fraction of sp³-hybridized carbons (Fsp3) is 0.688. The van der Waals surface area contributed by atoms with Crippen molar-refractivity contribution in [2.45, 2.75) is 51.9 Å². The lowest BCUT2D eigenvalue weighted by atomic mass is 9.99. The molecule has 2 heterocycles. The Labute approximate surface area is 119 Å². The van der Waals surface area contributed by atoms with Gasteiger partial charge in [0.15, 0.2) is 0 Å². The summed E-state index contributed by atoms with van der Waals surface area (Å²) in [6.45, 7) is 4.18.